The molecule has 0 aromatic carbocycles. The second-order valence-corrected chi connectivity index (χ2v) is 4.79. The first-order chi connectivity index (χ1) is 8.86. The Morgan fingerprint density at radius 3 is 2.00 bits per heavy atom. The SMILES string of the molecule is CNC(CCCCN(CC(C)=O)CC(C)=O)C(=O)O. The van der Waals surface area contributed by atoms with Gasteiger partial charge in [-0.2, -0.15) is 0 Å². The first-order valence-corrected chi connectivity index (χ1v) is 6.48. The topological polar surface area (TPSA) is 86.7 Å². The number of aliphatic carboxylic acids is 1. The van der Waals surface area contributed by atoms with Gasteiger partial charge in [0.05, 0.1) is 13.1 Å². The van der Waals surface area contributed by atoms with E-state index >= 15 is 0 Å². The predicted molar refractivity (Wildman–Crippen MR) is 72.1 cm³/mol. The summed E-state index contributed by atoms with van der Waals surface area (Å²) in [4.78, 5) is 34.7. The molecule has 0 saturated heterocycles. The van der Waals surface area contributed by atoms with E-state index in [9.17, 15) is 14.4 Å². The average molecular weight is 272 g/mol. The Morgan fingerprint density at radius 1 is 1.11 bits per heavy atom. The lowest BCUT2D eigenvalue weighted by Gasteiger charge is -2.19. The van der Waals surface area contributed by atoms with Crippen molar-refractivity contribution in [2.24, 2.45) is 0 Å². The number of likely N-dealkylation sites (N-methyl/N-ethyl adjacent to an activating group) is 1. The molecular formula is C13H24N2O4. The number of carbonyl (C=O) groups is 3. The van der Waals surface area contributed by atoms with E-state index in [-0.39, 0.29) is 24.7 Å². The summed E-state index contributed by atoms with van der Waals surface area (Å²) in [5, 5.41) is 11.6. The Morgan fingerprint density at radius 2 is 1.63 bits per heavy atom. The van der Waals surface area contributed by atoms with Gasteiger partial charge in [0.1, 0.15) is 17.6 Å². The summed E-state index contributed by atoms with van der Waals surface area (Å²) in [7, 11) is 1.62. The highest BCUT2D eigenvalue weighted by Crippen LogP contribution is 2.03. The van der Waals surface area contributed by atoms with Crippen LogP contribution in [0.25, 0.3) is 0 Å². The maximum atomic E-state index is 11.1. The molecule has 0 spiro atoms. The molecule has 0 aliphatic rings. The zero-order valence-electron chi connectivity index (χ0n) is 11.9. The van der Waals surface area contributed by atoms with E-state index in [1.54, 1.807) is 11.9 Å². The van der Waals surface area contributed by atoms with E-state index in [0.29, 0.717) is 13.0 Å². The number of unbranched alkanes of at least 4 members (excludes halogenated alkanes) is 1. The molecule has 0 fully saturated rings. The predicted octanol–water partition coefficient (Wildman–Crippen LogP) is 0.309. The average Bonchev–Trinajstić information content (AvgIpc) is 2.26. The van der Waals surface area contributed by atoms with Crippen LogP contribution in [-0.2, 0) is 14.4 Å². The normalized spacial score (nSPS) is 12.4. The Kier molecular flexibility index (Phi) is 8.99. The standard InChI is InChI=1S/C13H24N2O4/c1-10(16)8-15(9-11(2)17)7-5-4-6-12(14-3)13(18)19/h12,14H,4-9H2,1-3H3,(H,18,19). The van der Waals surface area contributed by atoms with E-state index in [2.05, 4.69) is 5.32 Å². The fourth-order valence-electron chi connectivity index (χ4n) is 1.92. The van der Waals surface area contributed by atoms with Crippen molar-refractivity contribution in [2.45, 2.75) is 39.2 Å². The number of carboxylic acid groups (broad SMARTS) is 1. The highest BCUT2D eigenvalue weighted by molar-refractivity contribution is 5.80. The molecule has 0 aromatic rings. The van der Waals surface area contributed by atoms with E-state index in [4.69, 9.17) is 5.11 Å². The summed E-state index contributed by atoms with van der Waals surface area (Å²) in [5.41, 5.74) is 0. The van der Waals surface area contributed by atoms with Gasteiger partial charge in [0.2, 0.25) is 0 Å². The molecule has 6 heteroatoms. The molecule has 0 rings (SSSR count). The van der Waals surface area contributed by atoms with E-state index < -0.39 is 12.0 Å². The Bertz CT molecular complexity index is 302. The summed E-state index contributed by atoms with van der Waals surface area (Å²) in [5.74, 6) is -0.799. The molecule has 0 aliphatic carbocycles. The molecule has 1 atom stereocenters. The molecule has 0 saturated carbocycles. The van der Waals surface area contributed by atoms with Gasteiger partial charge in [0.15, 0.2) is 0 Å². The number of nitrogens with one attached hydrogen (secondary N) is 1. The van der Waals surface area contributed by atoms with Crippen LogP contribution in [0, 0.1) is 0 Å². The summed E-state index contributed by atoms with van der Waals surface area (Å²) in [6, 6.07) is -0.533. The number of nitrogens with zero attached hydrogens (tertiary/aromatic N) is 1. The van der Waals surface area contributed by atoms with Gasteiger partial charge >= 0.3 is 5.97 Å². The number of hydrogen-bond donors (Lipinski definition) is 2. The van der Waals surface area contributed by atoms with Gasteiger partial charge in [-0.15, -0.1) is 0 Å². The summed E-state index contributed by atoms with van der Waals surface area (Å²) >= 11 is 0. The molecule has 0 aliphatic heterocycles. The molecule has 0 aromatic heterocycles. The molecular weight excluding hydrogens is 248 g/mol. The van der Waals surface area contributed by atoms with Crippen LogP contribution in [-0.4, -0.2) is 60.3 Å². The van der Waals surface area contributed by atoms with E-state index in [1.165, 1.54) is 13.8 Å². The number of hydrogen-bond acceptors (Lipinski definition) is 5. The molecule has 19 heavy (non-hydrogen) atoms. The number of carboxylic acids is 1. The van der Waals surface area contributed by atoms with Crippen LogP contribution in [0.2, 0.25) is 0 Å². The lowest BCUT2D eigenvalue weighted by Crippen LogP contribution is -2.35. The Hall–Kier alpha value is -1.27. The van der Waals surface area contributed by atoms with Gasteiger partial charge in [-0.25, -0.2) is 0 Å². The van der Waals surface area contributed by atoms with Crippen LogP contribution in [0.3, 0.4) is 0 Å². The number of Topliss-reactive ketones (excluding diaryl/α,β-unsaturated/α-hetero) is 2. The molecule has 0 heterocycles. The minimum Gasteiger partial charge on any atom is -0.480 e. The highest BCUT2D eigenvalue weighted by atomic mass is 16.4. The van der Waals surface area contributed by atoms with Crippen molar-refractivity contribution < 1.29 is 19.5 Å². The van der Waals surface area contributed by atoms with Crippen molar-refractivity contribution in [3.05, 3.63) is 0 Å². The maximum Gasteiger partial charge on any atom is 0.320 e. The molecule has 0 amide bonds. The van der Waals surface area contributed by atoms with Crippen molar-refractivity contribution in [2.75, 3.05) is 26.7 Å². The minimum atomic E-state index is -0.855. The maximum absolute atomic E-state index is 11.1. The van der Waals surface area contributed by atoms with Crippen molar-refractivity contribution in [1.29, 1.82) is 0 Å². The van der Waals surface area contributed by atoms with Crippen molar-refractivity contribution in [1.82, 2.24) is 10.2 Å². The van der Waals surface area contributed by atoms with Gasteiger partial charge in [-0.05, 0) is 40.3 Å². The zero-order chi connectivity index (χ0) is 14.8. The largest absolute Gasteiger partial charge is 0.480 e. The number of rotatable bonds is 11. The van der Waals surface area contributed by atoms with Gasteiger partial charge in [0.25, 0.3) is 0 Å². The fraction of sp³-hybridized carbons (Fsp3) is 0.769. The van der Waals surface area contributed by atoms with Crippen LogP contribution in [0.15, 0.2) is 0 Å². The van der Waals surface area contributed by atoms with Crippen LogP contribution in [0.4, 0.5) is 0 Å². The summed E-state index contributed by atoms with van der Waals surface area (Å²) in [6.45, 7) is 4.17. The third kappa shape index (κ3) is 9.32. The zero-order valence-corrected chi connectivity index (χ0v) is 11.9. The minimum absolute atomic E-state index is 0.0277. The van der Waals surface area contributed by atoms with Crippen LogP contribution >= 0.6 is 0 Å². The molecule has 1 unspecified atom stereocenters. The lowest BCUT2D eigenvalue weighted by atomic mass is 10.1. The van der Waals surface area contributed by atoms with Gasteiger partial charge in [0, 0.05) is 0 Å². The fourth-order valence-corrected chi connectivity index (χ4v) is 1.92. The third-order valence-corrected chi connectivity index (χ3v) is 2.76. The summed E-state index contributed by atoms with van der Waals surface area (Å²) < 4.78 is 0. The lowest BCUT2D eigenvalue weighted by molar-refractivity contribution is -0.139. The Labute approximate surface area is 114 Å². The van der Waals surface area contributed by atoms with E-state index in [1.807, 2.05) is 0 Å². The molecule has 6 nitrogen and oxygen atoms in total. The highest BCUT2D eigenvalue weighted by Gasteiger charge is 2.14. The van der Waals surface area contributed by atoms with Crippen LogP contribution in [0.5, 0.6) is 0 Å². The van der Waals surface area contributed by atoms with Crippen molar-refractivity contribution in [3.8, 4) is 0 Å². The first-order valence-electron chi connectivity index (χ1n) is 6.48. The number of ketones is 2. The first kappa shape index (κ1) is 17.7. The number of carbonyl (C=O) groups excluding carboxylic acids is 2. The van der Waals surface area contributed by atoms with Gasteiger partial charge < -0.3 is 10.4 Å². The van der Waals surface area contributed by atoms with Crippen LogP contribution < -0.4 is 5.32 Å². The second-order valence-electron chi connectivity index (χ2n) is 4.79. The molecule has 0 radical (unpaired) electrons. The molecule has 0 bridgehead atoms. The van der Waals surface area contributed by atoms with Gasteiger partial charge in [-0.1, -0.05) is 6.42 Å². The monoisotopic (exact) mass is 272 g/mol. The molecule has 110 valence electrons. The third-order valence-electron chi connectivity index (χ3n) is 2.76. The van der Waals surface area contributed by atoms with E-state index in [0.717, 1.165) is 12.8 Å². The van der Waals surface area contributed by atoms with Crippen molar-refractivity contribution >= 4 is 17.5 Å². The van der Waals surface area contributed by atoms with Crippen LogP contribution in [0.1, 0.15) is 33.1 Å². The second kappa shape index (κ2) is 9.63. The quantitative estimate of drug-likeness (QED) is 0.526. The molecule has 2 N–H and O–H groups in total. The van der Waals surface area contributed by atoms with Crippen molar-refractivity contribution in [3.63, 3.8) is 0 Å². The Balaban J connectivity index is 4.01. The smallest absolute Gasteiger partial charge is 0.320 e. The summed E-state index contributed by atoms with van der Waals surface area (Å²) in [6.07, 6.45) is 2.05. The van der Waals surface area contributed by atoms with Gasteiger partial charge in [-0.3, -0.25) is 19.3 Å².